The van der Waals surface area contributed by atoms with Crippen LogP contribution in [0.3, 0.4) is 0 Å². The molecule has 1 aliphatic rings. The van der Waals surface area contributed by atoms with Gasteiger partial charge in [0.1, 0.15) is 0 Å². The summed E-state index contributed by atoms with van der Waals surface area (Å²) in [6.45, 7) is 1.72. The maximum absolute atomic E-state index is 12.4. The third-order valence-electron chi connectivity index (χ3n) is 3.88. The lowest BCUT2D eigenvalue weighted by atomic mass is 9.92. The van der Waals surface area contributed by atoms with Crippen LogP contribution in [0.5, 0.6) is 0 Å². The molecular weight excluding hydrogens is 270 g/mol. The number of rotatable bonds is 3. The Hall–Kier alpha value is -1.62. The standard InChI is InChI=1S/C15H19N3OS/c1-17-10-13(9-16-17)12-4-2-6-18(11-12)15(19)8-14-5-3-7-20-14/h3,5,7,9-10,12H,2,4,6,8,11H2,1H3. The quantitative estimate of drug-likeness (QED) is 0.870. The summed E-state index contributed by atoms with van der Waals surface area (Å²) < 4.78 is 1.84. The predicted molar refractivity (Wildman–Crippen MR) is 79.8 cm³/mol. The van der Waals surface area contributed by atoms with E-state index in [4.69, 9.17) is 0 Å². The van der Waals surface area contributed by atoms with Crippen molar-refractivity contribution < 1.29 is 4.79 Å². The number of thiophene rings is 1. The summed E-state index contributed by atoms with van der Waals surface area (Å²) in [6.07, 6.45) is 6.76. The minimum atomic E-state index is 0.251. The SMILES string of the molecule is Cn1cc(C2CCCN(C(=O)Cc3cccs3)C2)cn1. The van der Waals surface area contributed by atoms with E-state index in [1.165, 1.54) is 5.56 Å². The highest BCUT2D eigenvalue weighted by Crippen LogP contribution is 2.27. The van der Waals surface area contributed by atoms with Crippen molar-refractivity contribution in [2.75, 3.05) is 13.1 Å². The summed E-state index contributed by atoms with van der Waals surface area (Å²) in [7, 11) is 1.94. The molecule has 4 nitrogen and oxygen atoms in total. The van der Waals surface area contributed by atoms with Crippen molar-refractivity contribution in [3.05, 3.63) is 40.3 Å². The lowest BCUT2D eigenvalue weighted by molar-refractivity contribution is -0.131. The predicted octanol–water partition coefficient (Wildman–Crippen LogP) is 2.43. The lowest BCUT2D eigenvalue weighted by Gasteiger charge is -2.32. The van der Waals surface area contributed by atoms with Gasteiger partial charge in [-0.1, -0.05) is 6.07 Å². The number of aryl methyl sites for hydroxylation is 1. The Morgan fingerprint density at radius 3 is 3.15 bits per heavy atom. The topological polar surface area (TPSA) is 38.1 Å². The molecule has 0 spiro atoms. The summed E-state index contributed by atoms with van der Waals surface area (Å²) in [5.74, 6) is 0.686. The molecule has 1 fully saturated rings. The molecule has 0 N–H and O–H groups in total. The second-order valence-electron chi connectivity index (χ2n) is 5.38. The number of carbonyl (C=O) groups excluding carboxylic acids is 1. The van der Waals surface area contributed by atoms with Crippen LogP contribution in [-0.4, -0.2) is 33.7 Å². The highest BCUT2D eigenvalue weighted by atomic mass is 32.1. The average molecular weight is 289 g/mol. The van der Waals surface area contributed by atoms with Crippen molar-refractivity contribution in [3.8, 4) is 0 Å². The fourth-order valence-corrected chi connectivity index (χ4v) is 3.50. The van der Waals surface area contributed by atoms with E-state index in [1.54, 1.807) is 11.3 Å². The lowest BCUT2D eigenvalue weighted by Crippen LogP contribution is -2.39. The van der Waals surface area contributed by atoms with Gasteiger partial charge in [0.05, 0.1) is 12.6 Å². The third-order valence-corrected chi connectivity index (χ3v) is 4.75. The first-order valence-electron chi connectivity index (χ1n) is 7.01. The molecule has 106 valence electrons. The van der Waals surface area contributed by atoms with Crippen LogP contribution in [0, 0.1) is 0 Å². The number of carbonyl (C=O) groups is 1. The van der Waals surface area contributed by atoms with Gasteiger partial charge in [0.2, 0.25) is 5.91 Å². The Labute approximate surface area is 123 Å². The molecule has 1 unspecified atom stereocenters. The van der Waals surface area contributed by atoms with E-state index in [1.807, 2.05) is 40.3 Å². The van der Waals surface area contributed by atoms with Crippen LogP contribution in [0.25, 0.3) is 0 Å². The van der Waals surface area contributed by atoms with Gasteiger partial charge >= 0.3 is 0 Å². The maximum atomic E-state index is 12.4. The first-order valence-corrected chi connectivity index (χ1v) is 7.89. The van der Waals surface area contributed by atoms with Crippen LogP contribution in [0.1, 0.15) is 29.2 Å². The number of likely N-dealkylation sites (tertiary alicyclic amines) is 1. The van der Waals surface area contributed by atoms with Crippen molar-refractivity contribution in [2.24, 2.45) is 7.05 Å². The second kappa shape index (κ2) is 5.79. The molecule has 1 saturated heterocycles. The molecule has 0 aliphatic carbocycles. The summed E-state index contributed by atoms with van der Waals surface area (Å²) in [5.41, 5.74) is 1.25. The molecule has 0 bridgehead atoms. The summed E-state index contributed by atoms with van der Waals surface area (Å²) in [4.78, 5) is 15.5. The number of nitrogens with zero attached hydrogens (tertiary/aromatic N) is 3. The van der Waals surface area contributed by atoms with Gasteiger partial charge < -0.3 is 4.90 Å². The zero-order valence-corrected chi connectivity index (χ0v) is 12.5. The average Bonchev–Trinajstić information content (AvgIpc) is 3.10. The number of aromatic nitrogens is 2. The fraction of sp³-hybridized carbons (Fsp3) is 0.467. The second-order valence-corrected chi connectivity index (χ2v) is 6.41. The van der Waals surface area contributed by atoms with Crippen LogP contribution in [-0.2, 0) is 18.3 Å². The first-order chi connectivity index (χ1) is 9.72. The normalized spacial score (nSPS) is 19.2. The van der Waals surface area contributed by atoms with Gasteiger partial charge in [-0.25, -0.2) is 0 Å². The Balaban J connectivity index is 1.64. The van der Waals surface area contributed by atoms with E-state index in [0.717, 1.165) is 30.8 Å². The van der Waals surface area contributed by atoms with E-state index < -0.39 is 0 Å². The molecule has 1 atom stereocenters. The van der Waals surface area contributed by atoms with Crippen LogP contribution in [0.2, 0.25) is 0 Å². The van der Waals surface area contributed by atoms with Gasteiger partial charge in [0.15, 0.2) is 0 Å². The highest BCUT2D eigenvalue weighted by molar-refractivity contribution is 7.10. The number of hydrogen-bond donors (Lipinski definition) is 0. The van der Waals surface area contributed by atoms with E-state index in [2.05, 4.69) is 11.3 Å². The molecule has 5 heteroatoms. The van der Waals surface area contributed by atoms with Crippen LogP contribution in [0.4, 0.5) is 0 Å². The smallest absolute Gasteiger partial charge is 0.227 e. The Bertz CT molecular complexity index is 576. The Morgan fingerprint density at radius 1 is 1.55 bits per heavy atom. The van der Waals surface area contributed by atoms with Crippen LogP contribution in [0.15, 0.2) is 29.9 Å². The van der Waals surface area contributed by atoms with E-state index in [9.17, 15) is 4.79 Å². The molecule has 0 saturated carbocycles. The molecule has 1 amide bonds. The summed E-state index contributed by atoms with van der Waals surface area (Å²) in [5, 5.41) is 6.26. The van der Waals surface area contributed by atoms with Gasteiger partial charge in [-0.2, -0.15) is 5.10 Å². The van der Waals surface area contributed by atoms with Crippen molar-refractivity contribution in [1.29, 1.82) is 0 Å². The molecule has 2 aromatic rings. The minimum Gasteiger partial charge on any atom is -0.342 e. The first kappa shape index (κ1) is 13.4. The zero-order valence-electron chi connectivity index (χ0n) is 11.7. The number of hydrogen-bond acceptors (Lipinski definition) is 3. The largest absolute Gasteiger partial charge is 0.342 e. The van der Waals surface area contributed by atoms with Crippen LogP contribution < -0.4 is 0 Å². The molecule has 20 heavy (non-hydrogen) atoms. The molecular formula is C15H19N3OS. The van der Waals surface area contributed by atoms with Crippen molar-refractivity contribution in [1.82, 2.24) is 14.7 Å². The van der Waals surface area contributed by atoms with Crippen LogP contribution >= 0.6 is 11.3 Å². The summed E-state index contributed by atoms with van der Waals surface area (Å²) >= 11 is 1.65. The van der Waals surface area contributed by atoms with E-state index >= 15 is 0 Å². The molecule has 0 aromatic carbocycles. The monoisotopic (exact) mass is 289 g/mol. The van der Waals surface area contributed by atoms with E-state index in [-0.39, 0.29) is 5.91 Å². The third kappa shape index (κ3) is 2.93. The van der Waals surface area contributed by atoms with Gasteiger partial charge in [-0.05, 0) is 29.9 Å². The zero-order chi connectivity index (χ0) is 13.9. The Kier molecular flexibility index (Phi) is 3.87. The molecule has 3 rings (SSSR count). The molecule has 1 aliphatic heterocycles. The summed E-state index contributed by atoms with van der Waals surface area (Å²) in [6, 6.07) is 4.03. The maximum Gasteiger partial charge on any atom is 0.227 e. The Morgan fingerprint density at radius 2 is 2.45 bits per heavy atom. The van der Waals surface area contributed by atoms with Crippen molar-refractivity contribution in [3.63, 3.8) is 0 Å². The van der Waals surface area contributed by atoms with E-state index in [0.29, 0.717) is 12.3 Å². The van der Waals surface area contributed by atoms with Gasteiger partial charge in [0.25, 0.3) is 0 Å². The molecule has 0 radical (unpaired) electrons. The van der Waals surface area contributed by atoms with Gasteiger partial charge in [-0.3, -0.25) is 9.48 Å². The minimum absolute atomic E-state index is 0.251. The van der Waals surface area contributed by atoms with Gasteiger partial charge in [-0.15, -0.1) is 11.3 Å². The molecule has 2 aromatic heterocycles. The van der Waals surface area contributed by atoms with Crippen molar-refractivity contribution >= 4 is 17.2 Å². The van der Waals surface area contributed by atoms with Crippen molar-refractivity contribution in [2.45, 2.75) is 25.2 Å². The molecule has 3 heterocycles. The highest BCUT2D eigenvalue weighted by Gasteiger charge is 2.25. The number of piperidine rings is 1. The number of amides is 1. The van der Waals surface area contributed by atoms with Gasteiger partial charge in [0, 0.05) is 37.1 Å². The fourth-order valence-electron chi connectivity index (χ4n) is 2.80.